The Balaban J connectivity index is 1.43. The van der Waals surface area contributed by atoms with Crippen LogP contribution in [0, 0.1) is 11.6 Å². The fourth-order valence-corrected chi connectivity index (χ4v) is 6.16. The van der Waals surface area contributed by atoms with Gasteiger partial charge >= 0.3 is 0 Å². The summed E-state index contributed by atoms with van der Waals surface area (Å²) in [5.41, 5.74) is 0.796. The Morgan fingerprint density at radius 1 is 1.00 bits per heavy atom. The molecule has 1 atom stereocenters. The molecule has 0 N–H and O–H groups in total. The van der Waals surface area contributed by atoms with Crippen LogP contribution in [0.1, 0.15) is 12.5 Å². The molecule has 5 heterocycles. The molecule has 1 aromatic carbocycles. The number of hydrogen-bond donors (Lipinski definition) is 0. The maximum atomic E-state index is 15.4. The number of anilines is 1. The van der Waals surface area contributed by atoms with E-state index in [4.69, 9.17) is 24.2 Å². The number of fused-ring (bicyclic) bond motifs is 1. The van der Waals surface area contributed by atoms with Gasteiger partial charge in [0.15, 0.2) is 34.8 Å². The van der Waals surface area contributed by atoms with Gasteiger partial charge in [0.2, 0.25) is 10.0 Å². The molecular weight excluding hydrogens is 572 g/mol. The Morgan fingerprint density at radius 3 is 2.36 bits per heavy atom. The van der Waals surface area contributed by atoms with Crippen LogP contribution in [0.4, 0.5) is 14.6 Å². The van der Waals surface area contributed by atoms with Gasteiger partial charge in [-0.1, -0.05) is 0 Å². The fourth-order valence-electron chi connectivity index (χ4n) is 5.28. The van der Waals surface area contributed by atoms with E-state index < -0.39 is 21.7 Å². The molecule has 0 radical (unpaired) electrons. The van der Waals surface area contributed by atoms with Crippen molar-refractivity contribution in [2.24, 2.45) is 0 Å². The minimum absolute atomic E-state index is 0.0389. The summed E-state index contributed by atoms with van der Waals surface area (Å²) >= 11 is 0. The minimum atomic E-state index is -3.28. The molecule has 12 nitrogen and oxygen atoms in total. The van der Waals surface area contributed by atoms with Crippen molar-refractivity contribution in [2.75, 3.05) is 64.8 Å². The van der Waals surface area contributed by atoms with Crippen molar-refractivity contribution >= 4 is 26.7 Å². The summed E-state index contributed by atoms with van der Waals surface area (Å²) in [7, 11) is -0.699. The van der Waals surface area contributed by atoms with Crippen LogP contribution in [0.3, 0.4) is 0 Å². The minimum Gasteiger partial charge on any atom is -0.494 e. The van der Waals surface area contributed by atoms with Crippen molar-refractivity contribution in [3.05, 3.63) is 42.4 Å². The maximum Gasteiger partial charge on any atom is 0.211 e. The third kappa shape index (κ3) is 5.12. The summed E-state index contributed by atoms with van der Waals surface area (Å²) in [4.78, 5) is 16.0. The highest BCUT2D eigenvalue weighted by atomic mass is 32.2. The van der Waals surface area contributed by atoms with Crippen LogP contribution < -0.4 is 14.4 Å². The van der Waals surface area contributed by atoms with Gasteiger partial charge in [0.05, 0.1) is 62.7 Å². The molecule has 15 heteroatoms. The summed E-state index contributed by atoms with van der Waals surface area (Å²) in [6, 6.07) is 2.58. The van der Waals surface area contributed by atoms with Crippen LogP contribution in [-0.2, 0) is 14.8 Å². The fraction of sp³-hybridized carbons (Fsp3) is 0.407. The molecule has 0 bridgehead atoms. The molecule has 2 fully saturated rings. The largest absolute Gasteiger partial charge is 0.494 e. The highest BCUT2D eigenvalue weighted by Gasteiger charge is 2.30. The van der Waals surface area contributed by atoms with Gasteiger partial charge in [-0.2, -0.15) is 9.40 Å². The lowest BCUT2D eigenvalue weighted by Crippen LogP contribution is -2.37. The average Bonchev–Trinajstić information content (AvgIpc) is 3.68. The van der Waals surface area contributed by atoms with Crippen LogP contribution in [0.25, 0.3) is 33.5 Å². The number of halogens is 2. The van der Waals surface area contributed by atoms with Crippen molar-refractivity contribution in [3.63, 3.8) is 0 Å². The first kappa shape index (κ1) is 28.2. The van der Waals surface area contributed by atoms with E-state index in [1.807, 2.05) is 4.90 Å². The van der Waals surface area contributed by atoms with Crippen molar-refractivity contribution in [1.82, 2.24) is 29.0 Å². The van der Waals surface area contributed by atoms with E-state index in [1.54, 1.807) is 23.3 Å². The van der Waals surface area contributed by atoms with Crippen LogP contribution in [0.15, 0.2) is 30.7 Å². The number of pyridine rings is 1. The van der Waals surface area contributed by atoms with E-state index in [0.717, 1.165) is 6.07 Å². The molecule has 0 spiro atoms. The van der Waals surface area contributed by atoms with Gasteiger partial charge in [0.25, 0.3) is 0 Å². The highest BCUT2D eigenvalue weighted by molar-refractivity contribution is 7.88. The van der Waals surface area contributed by atoms with Crippen molar-refractivity contribution in [2.45, 2.75) is 12.5 Å². The van der Waals surface area contributed by atoms with E-state index in [2.05, 4.69) is 10.1 Å². The lowest BCUT2D eigenvalue weighted by atomic mass is 10.1. The second-order valence-corrected chi connectivity index (χ2v) is 12.1. The zero-order valence-corrected chi connectivity index (χ0v) is 24.1. The van der Waals surface area contributed by atoms with Gasteiger partial charge in [0, 0.05) is 50.0 Å². The second-order valence-electron chi connectivity index (χ2n) is 10.1. The summed E-state index contributed by atoms with van der Waals surface area (Å²) in [6.07, 6.45) is 6.85. The number of methoxy groups -OCH3 is 2. The Bertz CT molecular complexity index is 1730. The third-order valence-corrected chi connectivity index (χ3v) is 8.79. The van der Waals surface area contributed by atoms with Crippen molar-refractivity contribution in [3.8, 4) is 34.1 Å². The molecule has 4 aromatic rings. The Morgan fingerprint density at radius 2 is 1.71 bits per heavy atom. The zero-order chi connectivity index (χ0) is 29.6. The smallest absolute Gasteiger partial charge is 0.211 e. The van der Waals surface area contributed by atoms with Crippen LogP contribution >= 0.6 is 0 Å². The number of nitrogens with zero attached hydrogens (tertiary/aromatic N) is 7. The number of benzene rings is 1. The standard InChI is InChI=1S/C27H29F2N7O5S/c1-39-20-11-21(40-2)24(29)22(23(20)28)19-10-16-12-30-26(33-25(16)27(32-19)34-6-8-41-9-7-34)17-13-31-36(14-17)18-4-5-35(15-18)42(3,37)38/h10-14,18H,4-9,15H2,1-3H3. The van der Waals surface area contributed by atoms with Crippen LogP contribution in [0.5, 0.6) is 11.5 Å². The lowest BCUT2D eigenvalue weighted by molar-refractivity contribution is 0.122. The molecule has 2 aliphatic heterocycles. The molecule has 0 saturated carbocycles. The van der Waals surface area contributed by atoms with Gasteiger partial charge in [-0.3, -0.25) is 4.68 Å². The number of sulfonamides is 1. The predicted molar refractivity (Wildman–Crippen MR) is 150 cm³/mol. The predicted octanol–water partition coefficient (Wildman–Crippen LogP) is 2.89. The number of ether oxygens (including phenoxy) is 3. The van der Waals surface area contributed by atoms with Gasteiger partial charge < -0.3 is 19.1 Å². The normalized spacial score (nSPS) is 18.1. The highest BCUT2D eigenvalue weighted by Crippen LogP contribution is 2.39. The Kier molecular flexibility index (Phi) is 7.41. The van der Waals surface area contributed by atoms with Gasteiger partial charge in [-0.25, -0.2) is 32.2 Å². The number of morpholine rings is 1. The maximum absolute atomic E-state index is 15.4. The first-order valence-corrected chi connectivity index (χ1v) is 15.1. The van der Waals surface area contributed by atoms with E-state index in [0.29, 0.717) is 73.9 Å². The Labute approximate surface area is 240 Å². The number of aromatic nitrogens is 5. The molecule has 6 rings (SSSR count). The monoisotopic (exact) mass is 601 g/mol. The van der Waals surface area contributed by atoms with Crippen molar-refractivity contribution < 1.29 is 31.4 Å². The van der Waals surface area contributed by atoms with E-state index >= 15 is 8.78 Å². The average molecular weight is 602 g/mol. The number of hydrogen-bond acceptors (Lipinski definition) is 10. The molecule has 3 aromatic heterocycles. The summed E-state index contributed by atoms with van der Waals surface area (Å²) in [5, 5.41) is 4.98. The lowest BCUT2D eigenvalue weighted by Gasteiger charge is -2.29. The van der Waals surface area contributed by atoms with E-state index in [9.17, 15) is 8.42 Å². The molecule has 0 amide bonds. The van der Waals surface area contributed by atoms with Crippen LogP contribution in [-0.4, -0.2) is 97.3 Å². The quantitative estimate of drug-likeness (QED) is 0.312. The second kappa shape index (κ2) is 11.0. The molecule has 222 valence electrons. The summed E-state index contributed by atoms with van der Waals surface area (Å²) < 4.78 is 73.7. The molecule has 42 heavy (non-hydrogen) atoms. The topological polar surface area (TPSA) is 125 Å². The molecule has 2 aliphatic rings. The van der Waals surface area contributed by atoms with Gasteiger partial charge in [-0.05, 0) is 12.5 Å². The summed E-state index contributed by atoms with van der Waals surface area (Å²) in [5.74, 6) is -1.34. The van der Waals surface area contributed by atoms with E-state index in [-0.39, 0.29) is 28.8 Å². The first-order valence-electron chi connectivity index (χ1n) is 13.3. The molecule has 2 saturated heterocycles. The third-order valence-electron chi connectivity index (χ3n) is 7.52. The van der Waals surface area contributed by atoms with Gasteiger partial charge in [0.1, 0.15) is 5.52 Å². The van der Waals surface area contributed by atoms with Gasteiger partial charge in [-0.15, -0.1) is 0 Å². The van der Waals surface area contributed by atoms with Crippen LogP contribution in [0.2, 0.25) is 0 Å². The van der Waals surface area contributed by atoms with E-state index in [1.165, 1.54) is 30.8 Å². The van der Waals surface area contributed by atoms with Crippen molar-refractivity contribution in [1.29, 1.82) is 0 Å². The molecular formula is C27H29F2N7O5S. The first-order chi connectivity index (χ1) is 20.2. The number of rotatable bonds is 7. The molecule has 0 aliphatic carbocycles. The Hall–Kier alpha value is -3.95. The summed E-state index contributed by atoms with van der Waals surface area (Å²) in [6.45, 7) is 2.71. The molecule has 1 unspecified atom stereocenters. The zero-order valence-electron chi connectivity index (χ0n) is 23.2. The SMILES string of the molecule is COc1cc(OC)c(F)c(-c2cc3cnc(-c4cnn(C5CCN(S(C)(=O)=O)C5)c4)nc3c(N3CCOCC3)n2)c1F.